The first-order chi connectivity index (χ1) is 6.36. The Morgan fingerprint density at radius 3 is 2.54 bits per heavy atom. The summed E-state index contributed by atoms with van der Waals surface area (Å²) in [6.45, 7) is 4.78. The zero-order valence-electron chi connectivity index (χ0n) is 8.68. The van der Waals surface area contributed by atoms with Gasteiger partial charge >= 0.3 is 0 Å². The SMILES string of the molecule is CC1CCCCCC1NC1CNC1. The van der Waals surface area contributed by atoms with E-state index in [4.69, 9.17) is 0 Å². The second-order valence-corrected chi connectivity index (χ2v) is 4.74. The maximum Gasteiger partial charge on any atom is 0.0320 e. The summed E-state index contributed by atoms with van der Waals surface area (Å²) in [5.41, 5.74) is 0. The lowest BCUT2D eigenvalue weighted by Gasteiger charge is -2.34. The minimum Gasteiger partial charge on any atom is -0.314 e. The fourth-order valence-electron chi connectivity index (χ4n) is 2.45. The van der Waals surface area contributed by atoms with Crippen molar-refractivity contribution in [2.24, 2.45) is 5.92 Å². The molecule has 0 aromatic rings. The summed E-state index contributed by atoms with van der Waals surface area (Å²) < 4.78 is 0. The Bertz CT molecular complexity index is 154. The highest BCUT2D eigenvalue weighted by Crippen LogP contribution is 2.23. The summed E-state index contributed by atoms with van der Waals surface area (Å²) in [5.74, 6) is 0.892. The summed E-state index contributed by atoms with van der Waals surface area (Å²) in [6.07, 6.45) is 7.16. The maximum atomic E-state index is 3.78. The van der Waals surface area contributed by atoms with Gasteiger partial charge in [-0.05, 0) is 18.8 Å². The molecule has 0 bridgehead atoms. The van der Waals surface area contributed by atoms with Crippen LogP contribution in [0.3, 0.4) is 0 Å². The highest BCUT2D eigenvalue weighted by atomic mass is 15.1. The van der Waals surface area contributed by atoms with Crippen molar-refractivity contribution < 1.29 is 0 Å². The predicted octanol–water partition coefficient (Wildman–Crippen LogP) is 1.52. The second kappa shape index (κ2) is 4.43. The van der Waals surface area contributed by atoms with E-state index in [1.807, 2.05) is 0 Å². The minimum atomic E-state index is 0.769. The van der Waals surface area contributed by atoms with Gasteiger partial charge in [-0.15, -0.1) is 0 Å². The molecule has 0 amide bonds. The monoisotopic (exact) mass is 182 g/mol. The lowest BCUT2D eigenvalue weighted by molar-refractivity contribution is 0.271. The summed E-state index contributed by atoms with van der Waals surface area (Å²) in [4.78, 5) is 0. The molecule has 1 saturated heterocycles. The van der Waals surface area contributed by atoms with Gasteiger partial charge in [0, 0.05) is 25.2 Å². The molecule has 0 aromatic heterocycles. The van der Waals surface area contributed by atoms with E-state index in [1.54, 1.807) is 0 Å². The Kier molecular flexibility index (Phi) is 3.23. The Morgan fingerprint density at radius 1 is 1.08 bits per heavy atom. The molecule has 2 atom stereocenters. The van der Waals surface area contributed by atoms with Gasteiger partial charge in [-0.25, -0.2) is 0 Å². The van der Waals surface area contributed by atoms with E-state index in [2.05, 4.69) is 17.6 Å². The number of hydrogen-bond acceptors (Lipinski definition) is 2. The van der Waals surface area contributed by atoms with E-state index in [9.17, 15) is 0 Å². The Balaban J connectivity index is 1.79. The zero-order valence-corrected chi connectivity index (χ0v) is 8.68. The molecule has 1 aliphatic heterocycles. The maximum absolute atomic E-state index is 3.78. The van der Waals surface area contributed by atoms with Crippen LogP contribution in [0.2, 0.25) is 0 Å². The van der Waals surface area contributed by atoms with Crippen LogP contribution >= 0.6 is 0 Å². The molecular weight excluding hydrogens is 160 g/mol. The van der Waals surface area contributed by atoms with Crippen LogP contribution in [0, 0.1) is 5.92 Å². The summed E-state index contributed by atoms with van der Waals surface area (Å²) in [6, 6.07) is 1.57. The Labute approximate surface area is 81.5 Å². The van der Waals surface area contributed by atoms with E-state index in [0.717, 1.165) is 18.0 Å². The van der Waals surface area contributed by atoms with Crippen LogP contribution in [0.1, 0.15) is 39.0 Å². The third kappa shape index (κ3) is 2.44. The lowest BCUT2D eigenvalue weighted by Crippen LogP contribution is -2.58. The molecule has 2 unspecified atom stereocenters. The Hall–Kier alpha value is -0.0800. The van der Waals surface area contributed by atoms with Crippen LogP contribution in [-0.4, -0.2) is 25.2 Å². The van der Waals surface area contributed by atoms with Gasteiger partial charge in [-0.2, -0.15) is 0 Å². The van der Waals surface area contributed by atoms with Crippen LogP contribution in [0.4, 0.5) is 0 Å². The molecule has 1 heterocycles. The van der Waals surface area contributed by atoms with Crippen molar-refractivity contribution in [1.82, 2.24) is 10.6 Å². The summed E-state index contributed by atoms with van der Waals surface area (Å²) >= 11 is 0. The van der Waals surface area contributed by atoms with Crippen LogP contribution in [0.25, 0.3) is 0 Å². The lowest BCUT2D eigenvalue weighted by atomic mass is 9.95. The first-order valence-electron chi connectivity index (χ1n) is 5.83. The molecule has 2 rings (SSSR count). The molecule has 2 aliphatic rings. The molecule has 0 aromatic carbocycles. The third-order valence-electron chi connectivity index (χ3n) is 3.59. The van der Waals surface area contributed by atoms with Crippen molar-refractivity contribution in [2.75, 3.05) is 13.1 Å². The fraction of sp³-hybridized carbons (Fsp3) is 1.00. The largest absolute Gasteiger partial charge is 0.314 e. The van der Waals surface area contributed by atoms with Crippen molar-refractivity contribution in [3.05, 3.63) is 0 Å². The molecule has 2 nitrogen and oxygen atoms in total. The Morgan fingerprint density at radius 2 is 1.85 bits per heavy atom. The van der Waals surface area contributed by atoms with Gasteiger partial charge in [0.2, 0.25) is 0 Å². The van der Waals surface area contributed by atoms with E-state index < -0.39 is 0 Å². The van der Waals surface area contributed by atoms with Gasteiger partial charge in [0.1, 0.15) is 0 Å². The number of hydrogen-bond donors (Lipinski definition) is 2. The summed E-state index contributed by atoms with van der Waals surface area (Å²) in [7, 11) is 0. The van der Waals surface area contributed by atoms with Crippen LogP contribution in [0.5, 0.6) is 0 Å². The normalized spacial score (nSPS) is 36.7. The van der Waals surface area contributed by atoms with Gasteiger partial charge in [0.25, 0.3) is 0 Å². The van der Waals surface area contributed by atoms with Gasteiger partial charge in [0.05, 0.1) is 0 Å². The molecule has 2 fully saturated rings. The number of rotatable bonds is 2. The van der Waals surface area contributed by atoms with E-state index >= 15 is 0 Å². The highest BCUT2D eigenvalue weighted by molar-refractivity contribution is 4.87. The molecular formula is C11H22N2. The molecule has 2 heteroatoms. The molecule has 0 spiro atoms. The topological polar surface area (TPSA) is 24.1 Å². The molecule has 76 valence electrons. The van der Waals surface area contributed by atoms with Gasteiger partial charge in [-0.3, -0.25) is 0 Å². The van der Waals surface area contributed by atoms with E-state index in [1.165, 1.54) is 45.2 Å². The van der Waals surface area contributed by atoms with E-state index in [0.29, 0.717) is 0 Å². The minimum absolute atomic E-state index is 0.769. The van der Waals surface area contributed by atoms with Gasteiger partial charge < -0.3 is 10.6 Å². The quantitative estimate of drug-likeness (QED) is 0.633. The van der Waals surface area contributed by atoms with Crippen molar-refractivity contribution in [3.8, 4) is 0 Å². The standard InChI is InChI=1S/C11H22N2/c1-9-5-3-2-4-6-11(9)13-10-7-12-8-10/h9-13H,2-8H2,1H3. The van der Waals surface area contributed by atoms with E-state index in [-0.39, 0.29) is 0 Å². The smallest absolute Gasteiger partial charge is 0.0320 e. The van der Waals surface area contributed by atoms with Crippen LogP contribution in [0.15, 0.2) is 0 Å². The van der Waals surface area contributed by atoms with Crippen LogP contribution < -0.4 is 10.6 Å². The third-order valence-corrected chi connectivity index (χ3v) is 3.59. The molecule has 13 heavy (non-hydrogen) atoms. The molecule has 1 aliphatic carbocycles. The highest BCUT2D eigenvalue weighted by Gasteiger charge is 2.25. The van der Waals surface area contributed by atoms with Crippen molar-refractivity contribution in [1.29, 1.82) is 0 Å². The van der Waals surface area contributed by atoms with Crippen molar-refractivity contribution in [3.63, 3.8) is 0 Å². The predicted molar refractivity (Wildman–Crippen MR) is 55.8 cm³/mol. The molecule has 0 radical (unpaired) electrons. The molecule has 2 N–H and O–H groups in total. The average molecular weight is 182 g/mol. The summed E-state index contributed by atoms with van der Waals surface area (Å²) in [5, 5.41) is 7.10. The van der Waals surface area contributed by atoms with Gasteiger partial charge in [0.15, 0.2) is 0 Å². The number of nitrogens with one attached hydrogen (secondary N) is 2. The van der Waals surface area contributed by atoms with Gasteiger partial charge in [-0.1, -0.05) is 26.2 Å². The fourth-order valence-corrected chi connectivity index (χ4v) is 2.45. The van der Waals surface area contributed by atoms with Crippen molar-refractivity contribution in [2.45, 2.75) is 51.1 Å². The average Bonchev–Trinajstić information content (AvgIpc) is 2.23. The second-order valence-electron chi connectivity index (χ2n) is 4.74. The van der Waals surface area contributed by atoms with Crippen LogP contribution in [-0.2, 0) is 0 Å². The van der Waals surface area contributed by atoms with Crippen molar-refractivity contribution >= 4 is 0 Å². The molecule has 1 saturated carbocycles. The zero-order chi connectivity index (χ0) is 9.10. The first kappa shape index (κ1) is 9.47. The first-order valence-corrected chi connectivity index (χ1v) is 5.83.